The van der Waals surface area contributed by atoms with Crippen molar-refractivity contribution in [3.8, 4) is 0 Å². The van der Waals surface area contributed by atoms with E-state index in [1.165, 1.54) is 12.3 Å². The molecule has 5 nitrogen and oxygen atoms in total. The molecule has 0 aliphatic heterocycles. The third-order valence-electron chi connectivity index (χ3n) is 1.52. The fourth-order valence-corrected chi connectivity index (χ4v) is 1.38. The Morgan fingerprint density at radius 1 is 1.79 bits per heavy atom. The summed E-state index contributed by atoms with van der Waals surface area (Å²) in [6.45, 7) is 0. The largest absolute Gasteiger partial charge is 0.385 e. The van der Waals surface area contributed by atoms with Gasteiger partial charge in [0.05, 0.1) is 10.8 Å². The van der Waals surface area contributed by atoms with E-state index in [0.29, 0.717) is 4.47 Å². The number of nitrogens with zero attached hydrogens (tertiary/aromatic N) is 2. The number of halogens is 2. The predicted octanol–water partition coefficient (Wildman–Crippen LogP) is 2.02. The van der Waals surface area contributed by atoms with E-state index in [-0.39, 0.29) is 17.3 Å². The molecule has 1 atom stereocenters. The second-order valence-electron chi connectivity index (χ2n) is 2.49. The van der Waals surface area contributed by atoms with Crippen LogP contribution in [-0.2, 0) is 0 Å². The molecule has 0 saturated heterocycles. The van der Waals surface area contributed by atoms with Gasteiger partial charge in [-0.1, -0.05) is 0 Å². The molecular weight excluding hydrogens is 275 g/mol. The van der Waals surface area contributed by atoms with Crippen molar-refractivity contribution < 1.29 is 10.0 Å². The lowest BCUT2D eigenvalue weighted by Crippen LogP contribution is -2.06. The molecule has 7 heteroatoms. The summed E-state index contributed by atoms with van der Waals surface area (Å²) in [7, 11) is 0. The molecule has 1 rings (SSSR count). The first-order valence-corrected chi connectivity index (χ1v) is 4.93. The summed E-state index contributed by atoms with van der Waals surface area (Å²) in [5.41, 5.74) is -0.263. The Balaban J connectivity index is 3.21. The van der Waals surface area contributed by atoms with Gasteiger partial charge in [-0.25, -0.2) is 0 Å². The van der Waals surface area contributed by atoms with Crippen LogP contribution in [0.2, 0.25) is 0 Å². The minimum atomic E-state index is -1.12. The van der Waals surface area contributed by atoms with Crippen LogP contribution in [0.4, 0.5) is 5.69 Å². The summed E-state index contributed by atoms with van der Waals surface area (Å²) in [6, 6.07) is 1.28. The van der Waals surface area contributed by atoms with Gasteiger partial charge in [-0.2, -0.15) is 0 Å². The van der Waals surface area contributed by atoms with Crippen molar-refractivity contribution in [3.63, 3.8) is 0 Å². The van der Waals surface area contributed by atoms with Gasteiger partial charge in [0, 0.05) is 16.7 Å². The Morgan fingerprint density at radius 3 is 2.93 bits per heavy atom. The second kappa shape index (κ2) is 4.68. The van der Waals surface area contributed by atoms with Gasteiger partial charge in [-0.3, -0.25) is 15.1 Å². The second-order valence-corrected chi connectivity index (χ2v) is 3.71. The Morgan fingerprint density at radius 2 is 2.43 bits per heavy atom. The van der Waals surface area contributed by atoms with Gasteiger partial charge in [0.1, 0.15) is 11.8 Å². The number of alkyl halides is 1. The van der Waals surface area contributed by atoms with Crippen molar-refractivity contribution in [2.45, 2.75) is 6.10 Å². The highest BCUT2D eigenvalue weighted by Gasteiger charge is 2.21. The lowest BCUT2D eigenvalue weighted by Gasteiger charge is -2.06. The number of rotatable bonds is 3. The van der Waals surface area contributed by atoms with Crippen molar-refractivity contribution in [2.75, 3.05) is 5.88 Å². The van der Waals surface area contributed by atoms with Gasteiger partial charge in [-0.15, -0.1) is 11.6 Å². The van der Waals surface area contributed by atoms with E-state index in [2.05, 4.69) is 20.9 Å². The topological polar surface area (TPSA) is 76.3 Å². The van der Waals surface area contributed by atoms with Crippen LogP contribution < -0.4 is 0 Å². The van der Waals surface area contributed by atoms with Crippen LogP contribution in [0.15, 0.2) is 16.7 Å². The quantitative estimate of drug-likeness (QED) is 0.522. The standard InChI is InChI=1S/C7H6BrClN2O3/c8-4-1-5(11(13)14)7(10-3-4)6(12)2-9/h1,3,6,12H,2H2. The highest BCUT2D eigenvalue weighted by atomic mass is 79.9. The van der Waals surface area contributed by atoms with Crippen LogP contribution in [0.3, 0.4) is 0 Å². The fourth-order valence-electron chi connectivity index (χ4n) is 0.915. The van der Waals surface area contributed by atoms with Crippen LogP contribution in [0.25, 0.3) is 0 Å². The Kier molecular flexibility index (Phi) is 3.79. The lowest BCUT2D eigenvalue weighted by atomic mass is 10.2. The van der Waals surface area contributed by atoms with Crippen LogP contribution >= 0.6 is 27.5 Å². The molecule has 0 radical (unpaired) electrons. The Labute approximate surface area is 93.0 Å². The number of hydrogen-bond acceptors (Lipinski definition) is 4. The van der Waals surface area contributed by atoms with Crippen molar-refractivity contribution in [3.05, 3.63) is 32.5 Å². The molecule has 1 unspecified atom stereocenters. The van der Waals surface area contributed by atoms with Gasteiger partial charge in [0.2, 0.25) is 0 Å². The minimum Gasteiger partial charge on any atom is -0.385 e. The SMILES string of the molecule is O=[N+]([O-])c1cc(Br)cnc1C(O)CCl. The zero-order valence-electron chi connectivity index (χ0n) is 6.85. The van der Waals surface area contributed by atoms with E-state index in [1.54, 1.807) is 0 Å². The van der Waals surface area contributed by atoms with E-state index >= 15 is 0 Å². The molecule has 0 saturated carbocycles. The number of aromatic nitrogens is 1. The number of aliphatic hydroxyl groups is 1. The normalized spacial score (nSPS) is 12.5. The van der Waals surface area contributed by atoms with Gasteiger partial charge >= 0.3 is 0 Å². The molecule has 0 aliphatic rings. The molecule has 1 N–H and O–H groups in total. The van der Waals surface area contributed by atoms with Gasteiger partial charge in [0.15, 0.2) is 0 Å². The van der Waals surface area contributed by atoms with Crippen LogP contribution in [0.1, 0.15) is 11.8 Å². The highest BCUT2D eigenvalue weighted by Crippen LogP contribution is 2.26. The lowest BCUT2D eigenvalue weighted by molar-refractivity contribution is -0.386. The van der Waals surface area contributed by atoms with E-state index in [0.717, 1.165) is 0 Å². The van der Waals surface area contributed by atoms with E-state index in [1.807, 2.05) is 0 Å². The predicted molar refractivity (Wildman–Crippen MR) is 54.3 cm³/mol. The maximum absolute atomic E-state index is 10.6. The molecule has 1 aromatic rings. The van der Waals surface area contributed by atoms with Crippen molar-refractivity contribution in [1.82, 2.24) is 4.98 Å². The molecule has 0 aromatic carbocycles. The van der Waals surface area contributed by atoms with Crippen molar-refractivity contribution in [1.29, 1.82) is 0 Å². The summed E-state index contributed by atoms with van der Waals surface area (Å²) < 4.78 is 0.481. The number of pyridine rings is 1. The first-order valence-electron chi connectivity index (χ1n) is 3.60. The maximum Gasteiger partial charge on any atom is 0.294 e. The number of nitro groups is 1. The molecule has 0 spiro atoms. The molecule has 1 aromatic heterocycles. The van der Waals surface area contributed by atoms with Gasteiger partial charge < -0.3 is 5.11 Å². The number of aliphatic hydroxyl groups excluding tert-OH is 1. The van der Waals surface area contributed by atoms with Crippen LogP contribution in [0.5, 0.6) is 0 Å². The van der Waals surface area contributed by atoms with Crippen LogP contribution in [-0.4, -0.2) is 20.9 Å². The number of hydrogen-bond donors (Lipinski definition) is 1. The summed E-state index contributed by atoms with van der Waals surface area (Å²) in [5.74, 6) is -0.129. The summed E-state index contributed by atoms with van der Waals surface area (Å²) >= 11 is 8.43. The third kappa shape index (κ3) is 2.40. The zero-order valence-corrected chi connectivity index (χ0v) is 9.20. The minimum absolute atomic E-state index is 0.0202. The first kappa shape index (κ1) is 11.4. The molecular formula is C7H6BrClN2O3. The Hall–Kier alpha value is -0.720. The van der Waals surface area contributed by atoms with E-state index in [9.17, 15) is 15.2 Å². The average molecular weight is 281 g/mol. The van der Waals surface area contributed by atoms with Crippen molar-refractivity contribution >= 4 is 33.2 Å². The highest BCUT2D eigenvalue weighted by molar-refractivity contribution is 9.10. The zero-order chi connectivity index (χ0) is 10.7. The molecule has 0 aliphatic carbocycles. The first-order chi connectivity index (χ1) is 6.56. The average Bonchev–Trinajstić information content (AvgIpc) is 2.16. The molecule has 0 fully saturated rings. The summed E-state index contributed by atoms with van der Waals surface area (Å²) in [4.78, 5) is 13.7. The monoisotopic (exact) mass is 280 g/mol. The van der Waals surface area contributed by atoms with E-state index < -0.39 is 11.0 Å². The summed E-state index contributed by atoms with van der Waals surface area (Å²) in [5, 5.41) is 19.9. The molecule has 76 valence electrons. The van der Waals surface area contributed by atoms with E-state index in [4.69, 9.17) is 11.6 Å². The maximum atomic E-state index is 10.6. The third-order valence-corrected chi connectivity index (χ3v) is 2.25. The van der Waals surface area contributed by atoms with Crippen molar-refractivity contribution in [2.24, 2.45) is 0 Å². The van der Waals surface area contributed by atoms with Gasteiger partial charge in [0.25, 0.3) is 5.69 Å². The van der Waals surface area contributed by atoms with Crippen LogP contribution in [0, 0.1) is 10.1 Å². The molecule has 1 heterocycles. The van der Waals surface area contributed by atoms with Gasteiger partial charge in [-0.05, 0) is 15.9 Å². The Bertz CT molecular complexity index is 361. The molecule has 0 amide bonds. The fraction of sp³-hybridized carbons (Fsp3) is 0.286. The summed E-state index contributed by atoms with van der Waals surface area (Å²) in [6.07, 6.45) is 0.253. The molecule has 14 heavy (non-hydrogen) atoms. The molecule has 0 bridgehead atoms. The smallest absolute Gasteiger partial charge is 0.294 e.